The summed E-state index contributed by atoms with van der Waals surface area (Å²) in [6.07, 6.45) is 4.24. The molecule has 1 aliphatic carbocycles. The van der Waals surface area contributed by atoms with Gasteiger partial charge in [0.2, 0.25) is 0 Å². The number of aromatic nitrogens is 1. The standard InChI is InChI=1S/C12H17BrN2/c1-9-5-11(6-12(13)15-9)8-14-7-10-3-2-4-10/h5-6,10,14H,2-4,7-8H2,1H3. The number of hydrogen-bond donors (Lipinski definition) is 1. The Labute approximate surface area is 99.6 Å². The van der Waals surface area contributed by atoms with Crippen LogP contribution >= 0.6 is 15.9 Å². The van der Waals surface area contributed by atoms with Crippen molar-refractivity contribution in [1.29, 1.82) is 0 Å². The lowest BCUT2D eigenvalue weighted by molar-refractivity contribution is 0.301. The van der Waals surface area contributed by atoms with Gasteiger partial charge in [0.1, 0.15) is 4.60 Å². The van der Waals surface area contributed by atoms with Crippen LogP contribution in [0.1, 0.15) is 30.5 Å². The molecule has 0 aromatic carbocycles. The van der Waals surface area contributed by atoms with E-state index in [1.165, 1.54) is 31.4 Å². The van der Waals surface area contributed by atoms with Crippen molar-refractivity contribution in [2.75, 3.05) is 6.54 Å². The first-order chi connectivity index (χ1) is 7.24. The molecule has 1 saturated carbocycles. The molecule has 0 saturated heterocycles. The first kappa shape index (κ1) is 11.1. The van der Waals surface area contributed by atoms with Crippen molar-refractivity contribution in [3.05, 3.63) is 28.0 Å². The average Bonchev–Trinajstić information content (AvgIpc) is 2.07. The smallest absolute Gasteiger partial charge is 0.106 e. The predicted octanol–water partition coefficient (Wildman–Crippen LogP) is 3.04. The molecule has 1 heterocycles. The van der Waals surface area contributed by atoms with Gasteiger partial charge in [-0.05, 0) is 65.9 Å². The fraction of sp³-hybridized carbons (Fsp3) is 0.583. The highest BCUT2D eigenvalue weighted by Crippen LogP contribution is 2.25. The summed E-state index contributed by atoms with van der Waals surface area (Å²) < 4.78 is 0.933. The minimum absolute atomic E-state index is 0.927. The number of pyridine rings is 1. The highest BCUT2D eigenvalue weighted by molar-refractivity contribution is 9.10. The van der Waals surface area contributed by atoms with E-state index in [0.717, 1.165) is 22.8 Å². The van der Waals surface area contributed by atoms with E-state index in [9.17, 15) is 0 Å². The first-order valence-electron chi connectivity index (χ1n) is 5.58. The summed E-state index contributed by atoms with van der Waals surface area (Å²) in [5.41, 5.74) is 2.39. The van der Waals surface area contributed by atoms with Gasteiger partial charge in [-0.25, -0.2) is 4.98 Å². The summed E-state index contributed by atoms with van der Waals surface area (Å²) in [6.45, 7) is 4.15. The van der Waals surface area contributed by atoms with Gasteiger partial charge in [-0.2, -0.15) is 0 Å². The average molecular weight is 269 g/mol. The van der Waals surface area contributed by atoms with Gasteiger partial charge < -0.3 is 5.32 Å². The molecule has 1 N–H and O–H groups in total. The zero-order chi connectivity index (χ0) is 10.7. The Kier molecular flexibility index (Phi) is 3.76. The van der Waals surface area contributed by atoms with Crippen molar-refractivity contribution < 1.29 is 0 Å². The van der Waals surface area contributed by atoms with E-state index < -0.39 is 0 Å². The zero-order valence-electron chi connectivity index (χ0n) is 9.09. The van der Waals surface area contributed by atoms with Crippen molar-refractivity contribution in [2.45, 2.75) is 32.7 Å². The molecule has 0 amide bonds. The Hall–Kier alpha value is -0.410. The highest BCUT2D eigenvalue weighted by Gasteiger charge is 2.16. The van der Waals surface area contributed by atoms with Crippen molar-refractivity contribution in [1.82, 2.24) is 10.3 Å². The summed E-state index contributed by atoms with van der Waals surface area (Å²) in [4.78, 5) is 4.29. The number of aryl methyl sites for hydroxylation is 1. The van der Waals surface area contributed by atoms with E-state index in [-0.39, 0.29) is 0 Å². The van der Waals surface area contributed by atoms with E-state index in [2.05, 4.69) is 38.4 Å². The maximum Gasteiger partial charge on any atom is 0.106 e. The third-order valence-corrected chi connectivity index (χ3v) is 3.38. The fourth-order valence-corrected chi connectivity index (χ4v) is 2.49. The predicted molar refractivity (Wildman–Crippen MR) is 65.7 cm³/mol. The van der Waals surface area contributed by atoms with Crippen LogP contribution in [0.25, 0.3) is 0 Å². The molecule has 0 radical (unpaired) electrons. The van der Waals surface area contributed by atoms with Crippen LogP contribution < -0.4 is 5.32 Å². The molecule has 3 heteroatoms. The zero-order valence-corrected chi connectivity index (χ0v) is 10.7. The number of halogens is 1. The number of nitrogens with one attached hydrogen (secondary N) is 1. The van der Waals surface area contributed by atoms with E-state index in [1.54, 1.807) is 0 Å². The van der Waals surface area contributed by atoms with Gasteiger partial charge in [0, 0.05) is 12.2 Å². The Morgan fingerprint density at radius 2 is 2.27 bits per heavy atom. The molecule has 82 valence electrons. The largest absolute Gasteiger partial charge is 0.312 e. The molecule has 0 atom stereocenters. The van der Waals surface area contributed by atoms with Crippen molar-refractivity contribution in [2.24, 2.45) is 5.92 Å². The van der Waals surface area contributed by atoms with Gasteiger partial charge in [0.25, 0.3) is 0 Å². The third-order valence-electron chi connectivity index (χ3n) is 2.97. The molecule has 1 aromatic heterocycles. The van der Waals surface area contributed by atoms with Crippen molar-refractivity contribution in [3.63, 3.8) is 0 Å². The quantitative estimate of drug-likeness (QED) is 0.850. The van der Waals surface area contributed by atoms with Crippen LogP contribution in [0.3, 0.4) is 0 Å². The second-order valence-corrected chi connectivity index (χ2v) is 5.18. The summed E-state index contributed by atoms with van der Waals surface area (Å²) in [6, 6.07) is 4.22. The molecule has 1 aliphatic rings. The Morgan fingerprint density at radius 1 is 1.47 bits per heavy atom. The van der Waals surface area contributed by atoms with Crippen LogP contribution in [-0.4, -0.2) is 11.5 Å². The molecular weight excluding hydrogens is 252 g/mol. The number of rotatable bonds is 4. The van der Waals surface area contributed by atoms with Crippen LogP contribution in [0.4, 0.5) is 0 Å². The summed E-state index contributed by atoms with van der Waals surface area (Å²) in [7, 11) is 0. The second kappa shape index (κ2) is 5.08. The molecular formula is C12H17BrN2. The van der Waals surface area contributed by atoms with Crippen LogP contribution in [-0.2, 0) is 6.54 Å². The highest BCUT2D eigenvalue weighted by atomic mass is 79.9. The van der Waals surface area contributed by atoms with Gasteiger partial charge in [-0.3, -0.25) is 0 Å². The number of hydrogen-bond acceptors (Lipinski definition) is 2. The maximum atomic E-state index is 4.29. The number of nitrogens with zero attached hydrogens (tertiary/aromatic N) is 1. The lowest BCUT2D eigenvalue weighted by Crippen LogP contribution is -2.26. The fourth-order valence-electron chi connectivity index (χ4n) is 1.92. The van der Waals surface area contributed by atoms with Crippen LogP contribution in [0.5, 0.6) is 0 Å². The summed E-state index contributed by atoms with van der Waals surface area (Å²) >= 11 is 3.42. The minimum atomic E-state index is 0.927. The van der Waals surface area contributed by atoms with Crippen molar-refractivity contribution >= 4 is 15.9 Å². The summed E-state index contributed by atoms with van der Waals surface area (Å²) in [5.74, 6) is 0.927. The lowest BCUT2D eigenvalue weighted by atomic mass is 9.85. The van der Waals surface area contributed by atoms with Gasteiger partial charge in [-0.1, -0.05) is 6.42 Å². The van der Waals surface area contributed by atoms with E-state index >= 15 is 0 Å². The third kappa shape index (κ3) is 3.28. The second-order valence-electron chi connectivity index (χ2n) is 4.37. The molecule has 2 nitrogen and oxygen atoms in total. The van der Waals surface area contributed by atoms with Gasteiger partial charge in [0.05, 0.1) is 0 Å². The van der Waals surface area contributed by atoms with Crippen molar-refractivity contribution in [3.8, 4) is 0 Å². The SMILES string of the molecule is Cc1cc(CNCC2CCC2)cc(Br)n1. The van der Waals surface area contributed by atoms with E-state index in [0.29, 0.717) is 0 Å². The van der Waals surface area contributed by atoms with Gasteiger partial charge >= 0.3 is 0 Å². The Morgan fingerprint density at radius 3 is 2.87 bits per heavy atom. The molecule has 0 spiro atoms. The molecule has 0 aliphatic heterocycles. The summed E-state index contributed by atoms with van der Waals surface area (Å²) in [5, 5.41) is 3.51. The monoisotopic (exact) mass is 268 g/mol. The Balaban J connectivity index is 1.81. The van der Waals surface area contributed by atoms with Crippen LogP contribution in [0.2, 0.25) is 0 Å². The topological polar surface area (TPSA) is 24.9 Å². The Bertz CT molecular complexity index is 314. The molecule has 0 bridgehead atoms. The molecule has 2 rings (SSSR count). The van der Waals surface area contributed by atoms with E-state index in [4.69, 9.17) is 0 Å². The molecule has 1 fully saturated rings. The van der Waals surface area contributed by atoms with Crippen LogP contribution in [0, 0.1) is 12.8 Å². The molecule has 1 aromatic rings. The minimum Gasteiger partial charge on any atom is -0.312 e. The van der Waals surface area contributed by atoms with E-state index in [1.807, 2.05) is 6.92 Å². The molecule has 15 heavy (non-hydrogen) atoms. The van der Waals surface area contributed by atoms with Gasteiger partial charge in [0.15, 0.2) is 0 Å². The lowest BCUT2D eigenvalue weighted by Gasteiger charge is -2.25. The first-order valence-corrected chi connectivity index (χ1v) is 6.37. The maximum absolute atomic E-state index is 4.29. The normalized spacial score (nSPS) is 16.4. The molecule has 0 unspecified atom stereocenters. The van der Waals surface area contributed by atoms with Crippen LogP contribution in [0.15, 0.2) is 16.7 Å². The van der Waals surface area contributed by atoms with Gasteiger partial charge in [-0.15, -0.1) is 0 Å².